The molecule has 28 heavy (non-hydrogen) atoms. The Hall–Kier alpha value is -2.44. The Morgan fingerprint density at radius 3 is 2.50 bits per heavy atom. The molecule has 1 saturated carbocycles. The zero-order valence-electron chi connectivity index (χ0n) is 17.3. The zero-order chi connectivity index (χ0) is 20.6. The van der Waals surface area contributed by atoms with Crippen molar-refractivity contribution in [2.75, 3.05) is 0 Å². The number of carbonyl (C=O) groups is 1. The summed E-state index contributed by atoms with van der Waals surface area (Å²) in [5.41, 5.74) is 0.376. The summed E-state index contributed by atoms with van der Waals surface area (Å²) in [6.45, 7) is 10.6. The first-order chi connectivity index (χ1) is 13.2. The molecule has 7 nitrogen and oxygen atoms in total. The molecule has 7 heteroatoms. The lowest BCUT2D eigenvalue weighted by Gasteiger charge is -2.21. The van der Waals surface area contributed by atoms with Gasteiger partial charge in [0.25, 0.3) is 11.5 Å². The van der Waals surface area contributed by atoms with E-state index < -0.39 is 11.2 Å². The highest BCUT2D eigenvalue weighted by molar-refractivity contribution is 6.05. The molecular weight excluding hydrogens is 356 g/mol. The van der Waals surface area contributed by atoms with E-state index in [1.807, 2.05) is 20.8 Å². The van der Waals surface area contributed by atoms with Crippen LogP contribution in [0.25, 0.3) is 11.0 Å². The summed E-state index contributed by atoms with van der Waals surface area (Å²) in [7, 11) is 0. The monoisotopic (exact) mass is 386 g/mol. The maximum atomic E-state index is 13.1. The van der Waals surface area contributed by atoms with Gasteiger partial charge >= 0.3 is 5.69 Å². The van der Waals surface area contributed by atoms with Gasteiger partial charge in [0.1, 0.15) is 0 Å². The molecule has 1 aliphatic rings. The van der Waals surface area contributed by atoms with E-state index in [1.54, 1.807) is 6.07 Å². The first kappa shape index (κ1) is 20.3. The first-order valence-electron chi connectivity index (χ1n) is 10.2. The third-order valence-electron chi connectivity index (χ3n) is 5.32. The number of nitrogens with one attached hydrogen (secondary N) is 2. The molecule has 1 fully saturated rings. The van der Waals surface area contributed by atoms with Crippen molar-refractivity contribution >= 4 is 16.9 Å². The molecule has 0 saturated heterocycles. The van der Waals surface area contributed by atoms with E-state index in [2.05, 4.69) is 29.1 Å². The summed E-state index contributed by atoms with van der Waals surface area (Å²) in [6, 6.07) is 1.75. The smallest absolute Gasteiger partial charge is 0.330 e. The van der Waals surface area contributed by atoms with Gasteiger partial charge in [-0.1, -0.05) is 34.6 Å². The molecule has 2 aromatic rings. The van der Waals surface area contributed by atoms with Gasteiger partial charge in [0.2, 0.25) is 0 Å². The van der Waals surface area contributed by atoms with Crippen LogP contribution < -0.4 is 16.6 Å². The third-order valence-corrected chi connectivity index (χ3v) is 5.32. The summed E-state index contributed by atoms with van der Waals surface area (Å²) >= 11 is 0. The molecule has 2 heterocycles. The molecule has 1 atom stereocenters. The normalized spacial score (nSPS) is 15.4. The lowest BCUT2D eigenvalue weighted by Crippen LogP contribution is -2.39. The average Bonchev–Trinajstić information content (AvgIpc) is 3.46. The Morgan fingerprint density at radius 2 is 1.96 bits per heavy atom. The lowest BCUT2D eigenvalue weighted by atomic mass is 10.0. The van der Waals surface area contributed by atoms with Gasteiger partial charge < -0.3 is 5.32 Å². The second kappa shape index (κ2) is 7.89. The molecule has 0 radical (unpaired) electrons. The van der Waals surface area contributed by atoms with Gasteiger partial charge in [-0.05, 0) is 37.2 Å². The van der Waals surface area contributed by atoms with Crippen molar-refractivity contribution in [3.63, 3.8) is 0 Å². The number of rotatable bonds is 7. The van der Waals surface area contributed by atoms with Gasteiger partial charge in [0, 0.05) is 24.2 Å². The number of amides is 1. The highest BCUT2D eigenvalue weighted by Gasteiger charge is 2.29. The molecule has 152 valence electrons. The summed E-state index contributed by atoms with van der Waals surface area (Å²) in [4.78, 5) is 45.2. The lowest BCUT2D eigenvalue weighted by molar-refractivity contribution is 0.0926. The van der Waals surface area contributed by atoms with E-state index in [0.717, 1.165) is 25.0 Å². The number of pyridine rings is 1. The van der Waals surface area contributed by atoms with Crippen LogP contribution in [-0.2, 0) is 6.54 Å². The van der Waals surface area contributed by atoms with Gasteiger partial charge in [-0.25, -0.2) is 9.78 Å². The van der Waals surface area contributed by atoms with Gasteiger partial charge in [-0.3, -0.25) is 19.1 Å². The molecule has 2 aromatic heterocycles. The molecule has 0 aliphatic heterocycles. The van der Waals surface area contributed by atoms with Crippen molar-refractivity contribution in [1.82, 2.24) is 19.9 Å². The quantitative estimate of drug-likeness (QED) is 0.765. The van der Waals surface area contributed by atoms with E-state index in [9.17, 15) is 14.4 Å². The van der Waals surface area contributed by atoms with E-state index in [0.29, 0.717) is 23.7 Å². The van der Waals surface area contributed by atoms with Crippen LogP contribution >= 0.6 is 0 Å². The summed E-state index contributed by atoms with van der Waals surface area (Å²) < 4.78 is 1.49. The number of nitrogens with zero attached hydrogens (tertiary/aromatic N) is 2. The van der Waals surface area contributed by atoms with E-state index in [-0.39, 0.29) is 29.2 Å². The van der Waals surface area contributed by atoms with Crippen LogP contribution in [0.5, 0.6) is 0 Å². The van der Waals surface area contributed by atoms with Crippen LogP contribution in [0.2, 0.25) is 0 Å². The van der Waals surface area contributed by atoms with Crippen LogP contribution in [0.4, 0.5) is 0 Å². The van der Waals surface area contributed by atoms with Crippen LogP contribution in [0.1, 0.15) is 75.9 Å². The number of fused-ring (bicyclic) bond motifs is 1. The maximum absolute atomic E-state index is 13.1. The van der Waals surface area contributed by atoms with Gasteiger partial charge in [0.15, 0.2) is 5.65 Å². The highest BCUT2D eigenvalue weighted by Crippen LogP contribution is 2.39. The minimum absolute atomic E-state index is 0.0146. The minimum Gasteiger partial charge on any atom is -0.349 e. The second-order valence-electron chi connectivity index (χ2n) is 8.56. The molecule has 1 amide bonds. The summed E-state index contributed by atoms with van der Waals surface area (Å²) in [6.07, 6.45) is 2.83. The molecule has 0 bridgehead atoms. The number of aromatic nitrogens is 3. The van der Waals surface area contributed by atoms with Crippen molar-refractivity contribution < 1.29 is 4.79 Å². The SMILES string of the molecule is CCC(NC(=O)c1cc(C2CC2)nc2c1c(=O)[nH]c(=O)n2CC(C)C)C(C)C. The number of hydrogen-bond acceptors (Lipinski definition) is 4. The largest absolute Gasteiger partial charge is 0.349 e. The molecular formula is C21H30N4O3. The fraction of sp³-hybridized carbons (Fsp3) is 0.619. The highest BCUT2D eigenvalue weighted by atomic mass is 16.2. The Morgan fingerprint density at radius 1 is 1.29 bits per heavy atom. The van der Waals surface area contributed by atoms with E-state index >= 15 is 0 Å². The topological polar surface area (TPSA) is 96.8 Å². The fourth-order valence-corrected chi connectivity index (χ4v) is 3.58. The van der Waals surface area contributed by atoms with Gasteiger partial charge in [-0.2, -0.15) is 0 Å². The zero-order valence-corrected chi connectivity index (χ0v) is 17.3. The van der Waals surface area contributed by atoms with E-state index in [4.69, 9.17) is 0 Å². The molecule has 0 aromatic carbocycles. The molecule has 1 aliphatic carbocycles. The number of carbonyl (C=O) groups excluding carboxylic acids is 1. The van der Waals surface area contributed by atoms with Gasteiger partial charge in [0.05, 0.1) is 10.9 Å². The van der Waals surface area contributed by atoms with Crippen molar-refractivity contribution in [3.05, 3.63) is 38.2 Å². The third kappa shape index (κ3) is 4.03. The molecule has 0 spiro atoms. The summed E-state index contributed by atoms with van der Waals surface area (Å²) in [5.74, 6) is 0.489. The van der Waals surface area contributed by atoms with Crippen LogP contribution in [0, 0.1) is 11.8 Å². The first-order valence-corrected chi connectivity index (χ1v) is 10.2. The molecule has 2 N–H and O–H groups in total. The van der Waals surface area contributed by atoms with Gasteiger partial charge in [-0.15, -0.1) is 0 Å². The average molecular weight is 386 g/mol. The van der Waals surface area contributed by atoms with E-state index in [1.165, 1.54) is 4.57 Å². The van der Waals surface area contributed by atoms with Crippen molar-refractivity contribution in [1.29, 1.82) is 0 Å². The Labute approximate surface area is 164 Å². The van der Waals surface area contributed by atoms with Crippen LogP contribution in [0.3, 0.4) is 0 Å². The number of hydrogen-bond donors (Lipinski definition) is 2. The van der Waals surface area contributed by atoms with Crippen molar-refractivity contribution in [3.8, 4) is 0 Å². The Kier molecular flexibility index (Phi) is 5.72. The maximum Gasteiger partial charge on any atom is 0.330 e. The van der Waals surface area contributed by atoms with Crippen molar-refractivity contribution in [2.45, 2.75) is 72.4 Å². The minimum atomic E-state index is -0.558. The van der Waals surface area contributed by atoms with Crippen LogP contribution in [-0.4, -0.2) is 26.5 Å². The Bertz CT molecular complexity index is 999. The van der Waals surface area contributed by atoms with Crippen molar-refractivity contribution in [2.24, 2.45) is 11.8 Å². The Balaban J connectivity index is 2.22. The standard InChI is InChI=1S/C21H30N4O3/c1-6-15(12(4)5)23-19(26)14-9-16(13-7-8-13)22-18-17(14)20(27)24-21(28)25(18)10-11(2)3/h9,11-13,15H,6-8,10H2,1-5H3,(H,23,26)(H,24,27,28). The number of aromatic amines is 1. The number of H-pyrrole nitrogens is 1. The molecule has 3 rings (SSSR count). The summed E-state index contributed by atoms with van der Waals surface area (Å²) in [5, 5.41) is 3.25. The fourth-order valence-electron chi connectivity index (χ4n) is 3.58. The van der Waals surface area contributed by atoms with Crippen LogP contribution in [0.15, 0.2) is 15.7 Å². The predicted molar refractivity (Wildman–Crippen MR) is 110 cm³/mol. The second-order valence-corrected chi connectivity index (χ2v) is 8.56. The molecule has 1 unspecified atom stereocenters. The predicted octanol–water partition coefficient (Wildman–Crippen LogP) is 2.78.